The second-order valence-electron chi connectivity index (χ2n) is 6.62. The zero-order chi connectivity index (χ0) is 22.1. The highest BCUT2D eigenvalue weighted by atomic mass is 19.4. The normalized spacial score (nSPS) is 12.6. The molecule has 158 valence electrons. The molecule has 0 saturated heterocycles. The molecule has 1 aromatic heterocycles. The fourth-order valence-electron chi connectivity index (χ4n) is 3.23. The number of hydrogen-bond acceptors (Lipinski definition) is 5. The Morgan fingerprint density at radius 2 is 1.80 bits per heavy atom. The number of alkyl halides is 3. The molecule has 0 spiro atoms. The van der Waals surface area contributed by atoms with Crippen LogP contribution in [0.15, 0.2) is 47.3 Å². The Morgan fingerprint density at radius 1 is 1.13 bits per heavy atom. The summed E-state index contributed by atoms with van der Waals surface area (Å²) in [5.41, 5.74) is 1.52. The smallest absolute Gasteiger partial charge is 0.410 e. The Hall–Kier alpha value is -3.40. The molecule has 1 heterocycles. The highest BCUT2D eigenvalue weighted by Gasteiger charge is 2.30. The highest BCUT2D eigenvalue weighted by molar-refractivity contribution is 5.90. The number of nitrogens with two attached hydrogens (primary N) is 1. The van der Waals surface area contributed by atoms with Crippen molar-refractivity contribution in [1.29, 1.82) is 0 Å². The number of aryl methyl sites for hydroxylation is 2. The van der Waals surface area contributed by atoms with Gasteiger partial charge in [0.1, 0.15) is 0 Å². The van der Waals surface area contributed by atoms with Gasteiger partial charge in [-0.05, 0) is 53.1 Å². The van der Waals surface area contributed by atoms with Crippen molar-refractivity contribution in [3.63, 3.8) is 0 Å². The monoisotopic (exact) mass is 419 g/mol. The standard InChI is InChI=1S/C20H20F3N5O2/c1-4-15(13-8-10-14(11-9-13)20(21,22)23)18(30-24)17-12(2)6-5-7-16(17)28-19(29)27(3)25-26-28/h5-11H,4,24H2,1-3H3/b18-15+. The minimum absolute atomic E-state index is 0.239. The quantitative estimate of drug-likeness (QED) is 0.389. The third-order valence-corrected chi connectivity index (χ3v) is 4.73. The van der Waals surface area contributed by atoms with Gasteiger partial charge >= 0.3 is 11.9 Å². The van der Waals surface area contributed by atoms with E-state index in [0.717, 1.165) is 27.1 Å². The summed E-state index contributed by atoms with van der Waals surface area (Å²) >= 11 is 0. The molecule has 3 rings (SSSR count). The first kappa shape index (κ1) is 21.3. The van der Waals surface area contributed by atoms with Gasteiger partial charge in [0.05, 0.1) is 11.3 Å². The van der Waals surface area contributed by atoms with Gasteiger partial charge < -0.3 is 4.84 Å². The SMILES string of the molecule is CC/C(=C(\ON)c1c(C)cccc1-n1nnn(C)c1=O)c1ccc(C(F)(F)F)cc1. The highest BCUT2D eigenvalue weighted by Crippen LogP contribution is 2.35. The van der Waals surface area contributed by atoms with Crippen molar-refractivity contribution < 1.29 is 18.0 Å². The van der Waals surface area contributed by atoms with E-state index < -0.39 is 17.4 Å². The number of aromatic nitrogens is 4. The lowest BCUT2D eigenvalue weighted by molar-refractivity contribution is -0.137. The molecular weight excluding hydrogens is 399 g/mol. The van der Waals surface area contributed by atoms with Gasteiger partial charge in [0, 0.05) is 18.2 Å². The predicted molar refractivity (Wildman–Crippen MR) is 105 cm³/mol. The van der Waals surface area contributed by atoms with Crippen LogP contribution in [0.2, 0.25) is 0 Å². The molecule has 7 nitrogen and oxygen atoms in total. The molecule has 3 aromatic rings. The van der Waals surface area contributed by atoms with Crippen LogP contribution in [0.5, 0.6) is 0 Å². The topological polar surface area (TPSA) is 88.0 Å². The Morgan fingerprint density at radius 3 is 2.30 bits per heavy atom. The number of tetrazole rings is 1. The lowest BCUT2D eigenvalue weighted by Crippen LogP contribution is -2.23. The van der Waals surface area contributed by atoms with Crippen LogP contribution in [0.3, 0.4) is 0 Å². The lowest BCUT2D eigenvalue weighted by atomic mass is 9.95. The molecule has 0 fully saturated rings. The second-order valence-corrected chi connectivity index (χ2v) is 6.62. The summed E-state index contributed by atoms with van der Waals surface area (Å²) in [7, 11) is 1.47. The molecule has 0 aliphatic heterocycles. The molecule has 2 N–H and O–H groups in total. The molecule has 0 atom stereocenters. The lowest BCUT2D eigenvalue weighted by Gasteiger charge is -2.18. The van der Waals surface area contributed by atoms with E-state index in [1.165, 1.54) is 19.2 Å². The Labute approximate surface area is 170 Å². The minimum atomic E-state index is -4.43. The Kier molecular flexibility index (Phi) is 5.79. The Balaban J connectivity index is 2.25. The number of allylic oxidation sites excluding steroid dienone is 1. The first-order chi connectivity index (χ1) is 14.2. The summed E-state index contributed by atoms with van der Waals surface area (Å²) in [5.74, 6) is 5.85. The molecule has 0 aliphatic carbocycles. The van der Waals surface area contributed by atoms with E-state index in [9.17, 15) is 18.0 Å². The van der Waals surface area contributed by atoms with Crippen molar-refractivity contribution in [2.24, 2.45) is 12.9 Å². The van der Waals surface area contributed by atoms with Crippen LogP contribution >= 0.6 is 0 Å². The molecule has 2 aromatic carbocycles. The molecule has 10 heteroatoms. The van der Waals surface area contributed by atoms with Crippen LogP contribution < -0.4 is 11.6 Å². The average Bonchev–Trinajstić information content (AvgIpc) is 3.04. The zero-order valence-electron chi connectivity index (χ0n) is 16.6. The summed E-state index contributed by atoms with van der Waals surface area (Å²) in [6.45, 7) is 3.64. The first-order valence-electron chi connectivity index (χ1n) is 9.05. The van der Waals surface area contributed by atoms with Crippen LogP contribution in [0, 0.1) is 6.92 Å². The average molecular weight is 419 g/mol. The van der Waals surface area contributed by atoms with E-state index in [0.29, 0.717) is 28.8 Å². The van der Waals surface area contributed by atoms with Crippen molar-refractivity contribution in [1.82, 2.24) is 19.8 Å². The van der Waals surface area contributed by atoms with E-state index in [2.05, 4.69) is 10.4 Å². The molecule has 0 saturated carbocycles. The van der Waals surface area contributed by atoms with Crippen LogP contribution in [0.25, 0.3) is 17.0 Å². The minimum Gasteiger partial charge on any atom is -0.410 e. The summed E-state index contributed by atoms with van der Waals surface area (Å²) < 4.78 is 41.0. The van der Waals surface area contributed by atoms with Crippen molar-refractivity contribution in [2.75, 3.05) is 0 Å². The maximum absolute atomic E-state index is 12.9. The van der Waals surface area contributed by atoms with Gasteiger partial charge in [0.25, 0.3) is 0 Å². The van der Waals surface area contributed by atoms with Crippen LogP contribution in [0.4, 0.5) is 13.2 Å². The number of halogens is 3. The third kappa shape index (κ3) is 3.86. The molecule has 0 amide bonds. The Bertz CT molecular complexity index is 1140. The van der Waals surface area contributed by atoms with Crippen LogP contribution in [0.1, 0.15) is 35.6 Å². The fraction of sp³-hybridized carbons (Fsp3) is 0.250. The van der Waals surface area contributed by atoms with Crippen LogP contribution in [-0.2, 0) is 18.1 Å². The number of nitrogens with zero attached hydrogens (tertiary/aromatic N) is 4. The third-order valence-electron chi connectivity index (χ3n) is 4.73. The van der Waals surface area contributed by atoms with E-state index in [-0.39, 0.29) is 5.76 Å². The van der Waals surface area contributed by atoms with Gasteiger partial charge in [0.2, 0.25) is 0 Å². The second kappa shape index (κ2) is 8.15. The maximum Gasteiger partial charge on any atom is 0.416 e. The molecule has 0 aliphatic rings. The summed E-state index contributed by atoms with van der Waals surface area (Å²) in [4.78, 5) is 17.6. The molecule has 0 bridgehead atoms. The maximum atomic E-state index is 12.9. The van der Waals surface area contributed by atoms with Gasteiger partial charge in [-0.2, -0.15) is 28.4 Å². The van der Waals surface area contributed by atoms with Crippen molar-refractivity contribution in [3.8, 4) is 5.69 Å². The number of hydrogen-bond donors (Lipinski definition) is 1. The van der Waals surface area contributed by atoms with E-state index in [1.807, 2.05) is 6.92 Å². The molecular formula is C20H20F3N5O2. The van der Waals surface area contributed by atoms with Gasteiger partial charge in [-0.1, -0.05) is 31.2 Å². The van der Waals surface area contributed by atoms with Crippen molar-refractivity contribution in [2.45, 2.75) is 26.4 Å². The summed E-state index contributed by atoms with van der Waals surface area (Å²) in [5, 5.41) is 7.60. The van der Waals surface area contributed by atoms with Gasteiger partial charge in [-0.3, -0.25) is 0 Å². The molecule has 0 radical (unpaired) electrons. The number of benzene rings is 2. The molecule has 0 unspecified atom stereocenters. The van der Waals surface area contributed by atoms with E-state index >= 15 is 0 Å². The fourth-order valence-corrected chi connectivity index (χ4v) is 3.23. The summed E-state index contributed by atoms with van der Waals surface area (Å²) in [6, 6.07) is 9.96. The summed E-state index contributed by atoms with van der Waals surface area (Å²) in [6.07, 6.45) is -4.01. The van der Waals surface area contributed by atoms with Gasteiger partial charge in [-0.25, -0.2) is 4.79 Å². The first-order valence-corrected chi connectivity index (χ1v) is 9.05. The van der Waals surface area contributed by atoms with Gasteiger partial charge in [-0.15, -0.1) is 0 Å². The van der Waals surface area contributed by atoms with E-state index in [1.54, 1.807) is 25.1 Å². The van der Waals surface area contributed by atoms with Crippen molar-refractivity contribution >= 4 is 11.3 Å². The number of rotatable bonds is 5. The molecule has 30 heavy (non-hydrogen) atoms. The zero-order valence-corrected chi connectivity index (χ0v) is 16.6. The predicted octanol–water partition coefficient (Wildman–Crippen LogP) is 3.46. The largest absolute Gasteiger partial charge is 0.416 e. The van der Waals surface area contributed by atoms with Crippen molar-refractivity contribution in [3.05, 3.63) is 75.2 Å². The van der Waals surface area contributed by atoms with Crippen LogP contribution in [-0.4, -0.2) is 19.8 Å². The van der Waals surface area contributed by atoms with E-state index in [4.69, 9.17) is 10.7 Å². The van der Waals surface area contributed by atoms with Gasteiger partial charge in [0.15, 0.2) is 5.76 Å².